The third kappa shape index (κ3) is 6.40. The van der Waals surface area contributed by atoms with Crippen molar-refractivity contribution in [2.75, 3.05) is 52.6 Å². The number of hydrogen-bond donors (Lipinski definition) is 1. The van der Waals surface area contributed by atoms with Crippen LogP contribution in [0.4, 0.5) is 0 Å². The van der Waals surface area contributed by atoms with Crippen LogP contribution >= 0.6 is 0 Å². The zero-order valence-electron chi connectivity index (χ0n) is 11.0. The molecule has 1 unspecified atom stereocenters. The van der Waals surface area contributed by atoms with Crippen LogP contribution in [0.15, 0.2) is 5.11 Å². The molecule has 0 spiro atoms. The van der Waals surface area contributed by atoms with Gasteiger partial charge in [0.25, 0.3) is 0 Å². The van der Waals surface area contributed by atoms with Crippen molar-refractivity contribution in [2.24, 2.45) is 16.8 Å². The molecule has 0 radical (unpaired) electrons. The highest BCUT2D eigenvalue weighted by atomic mass is 16.5. The molecular weight excluding hydrogens is 250 g/mol. The van der Waals surface area contributed by atoms with Gasteiger partial charge in [-0.05, 0) is 11.4 Å². The van der Waals surface area contributed by atoms with Gasteiger partial charge in [0.1, 0.15) is 0 Å². The maximum atomic E-state index is 11.6. The van der Waals surface area contributed by atoms with Crippen LogP contribution in [0.1, 0.15) is 6.42 Å². The average molecular weight is 271 g/mol. The molecule has 8 nitrogen and oxygen atoms in total. The van der Waals surface area contributed by atoms with Gasteiger partial charge in [-0.3, -0.25) is 4.79 Å². The number of nitrogens with zero attached hydrogens (tertiary/aromatic N) is 4. The van der Waals surface area contributed by atoms with Crippen LogP contribution in [0, 0.1) is 5.92 Å². The van der Waals surface area contributed by atoms with Crippen molar-refractivity contribution in [3.05, 3.63) is 10.4 Å². The van der Waals surface area contributed by atoms with E-state index >= 15 is 0 Å². The highest BCUT2D eigenvalue weighted by Gasteiger charge is 2.28. The van der Waals surface area contributed by atoms with Crippen LogP contribution < -0.4 is 5.73 Å². The summed E-state index contributed by atoms with van der Waals surface area (Å²) in [5.74, 6) is 0.234. The monoisotopic (exact) mass is 271 g/mol. The fraction of sp³-hybridized carbons (Fsp3) is 0.909. The zero-order valence-corrected chi connectivity index (χ0v) is 11.0. The van der Waals surface area contributed by atoms with E-state index < -0.39 is 0 Å². The summed E-state index contributed by atoms with van der Waals surface area (Å²) in [6, 6.07) is 0. The Morgan fingerprint density at radius 2 is 2.11 bits per heavy atom. The summed E-state index contributed by atoms with van der Waals surface area (Å²) in [5, 5.41) is 3.50. The third-order valence-corrected chi connectivity index (χ3v) is 2.84. The first-order valence-electron chi connectivity index (χ1n) is 6.42. The summed E-state index contributed by atoms with van der Waals surface area (Å²) in [6.45, 7) is 4.16. The summed E-state index contributed by atoms with van der Waals surface area (Å²) >= 11 is 0. The number of likely N-dealkylation sites (tertiary alicyclic amines) is 1. The lowest BCUT2D eigenvalue weighted by atomic mass is 10.1. The van der Waals surface area contributed by atoms with Gasteiger partial charge in [-0.25, -0.2) is 0 Å². The van der Waals surface area contributed by atoms with E-state index in [1.807, 2.05) is 0 Å². The van der Waals surface area contributed by atoms with Crippen molar-refractivity contribution in [3.63, 3.8) is 0 Å². The summed E-state index contributed by atoms with van der Waals surface area (Å²) in [4.78, 5) is 16.1. The van der Waals surface area contributed by atoms with Crippen molar-refractivity contribution in [1.29, 1.82) is 0 Å². The first-order chi connectivity index (χ1) is 9.27. The van der Waals surface area contributed by atoms with Gasteiger partial charge in [0.15, 0.2) is 0 Å². The lowest BCUT2D eigenvalue weighted by molar-refractivity contribution is -0.128. The van der Waals surface area contributed by atoms with E-state index in [0.717, 1.165) is 0 Å². The van der Waals surface area contributed by atoms with Gasteiger partial charge in [0, 0.05) is 37.5 Å². The summed E-state index contributed by atoms with van der Waals surface area (Å²) in [5.41, 5.74) is 13.5. The molecule has 1 aliphatic rings. The first kappa shape index (κ1) is 15.7. The van der Waals surface area contributed by atoms with Gasteiger partial charge in [0.05, 0.1) is 26.4 Å². The van der Waals surface area contributed by atoms with Gasteiger partial charge in [-0.2, -0.15) is 0 Å². The van der Waals surface area contributed by atoms with E-state index in [1.165, 1.54) is 0 Å². The summed E-state index contributed by atoms with van der Waals surface area (Å²) in [6.07, 6.45) is 0.457. The number of carbonyl (C=O) groups is 1. The maximum Gasteiger partial charge on any atom is 0.223 e. The second-order valence-electron chi connectivity index (χ2n) is 4.34. The SMILES string of the molecule is [N-]=[N+]=NCC1CC(=O)N(CCOCCOCCN)C1. The Kier molecular flexibility index (Phi) is 7.92. The highest BCUT2D eigenvalue weighted by Crippen LogP contribution is 2.17. The normalized spacial score (nSPS) is 18.7. The average Bonchev–Trinajstić information content (AvgIpc) is 2.76. The van der Waals surface area contributed by atoms with E-state index in [0.29, 0.717) is 59.0 Å². The van der Waals surface area contributed by atoms with Crippen LogP contribution in [0.25, 0.3) is 10.4 Å². The minimum Gasteiger partial charge on any atom is -0.378 e. The number of hydrogen-bond acceptors (Lipinski definition) is 5. The maximum absolute atomic E-state index is 11.6. The van der Waals surface area contributed by atoms with Gasteiger partial charge < -0.3 is 20.1 Å². The first-order valence-corrected chi connectivity index (χ1v) is 6.42. The predicted molar refractivity (Wildman–Crippen MR) is 69.4 cm³/mol. The van der Waals surface area contributed by atoms with E-state index in [-0.39, 0.29) is 11.8 Å². The van der Waals surface area contributed by atoms with Crippen molar-refractivity contribution >= 4 is 5.91 Å². The van der Waals surface area contributed by atoms with Gasteiger partial charge in [-0.15, -0.1) is 0 Å². The van der Waals surface area contributed by atoms with Gasteiger partial charge in [-0.1, -0.05) is 5.11 Å². The largest absolute Gasteiger partial charge is 0.378 e. The molecule has 1 rings (SSSR count). The molecule has 0 aromatic carbocycles. The van der Waals surface area contributed by atoms with E-state index in [1.54, 1.807) is 4.90 Å². The molecule has 1 fully saturated rings. The predicted octanol–water partition coefficient (Wildman–Crippen LogP) is 0.137. The number of azide groups is 1. The lowest BCUT2D eigenvalue weighted by Crippen LogP contribution is -2.29. The molecule has 108 valence electrons. The number of rotatable bonds is 10. The van der Waals surface area contributed by atoms with Crippen LogP contribution in [0.5, 0.6) is 0 Å². The Morgan fingerprint density at radius 3 is 2.79 bits per heavy atom. The lowest BCUT2D eigenvalue weighted by Gasteiger charge is -2.16. The van der Waals surface area contributed by atoms with Crippen molar-refractivity contribution in [1.82, 2.24) is 4.90 Å². The molecule has 1 saturated heterocycles. The molecule has 0 aromatic heterocycles. The van der Waals surface area contributed by atoms with Gasteiger partial charge >= 0.3 is 0 Å². The molecule has 0 aromatic rings. The minimum absolute atomic E-state index is 0.0983. The van der Waals surface area contributed by atoms with E-state index in [9.17, 15) is 4.79 Å². The standard InChI is InChI=1S/C11H21N5O3/c12-1-3-18-5-6-19-4-2-16-9-10(7-11(16)17)8-14-15-13/h10H,1-9,12H2. The molecule has 0 aliphatic carbocycles. The molecule has 8 heteroatoms. The zero-order chi connectivity index (χ0) is 13.9. The second-order valence-corrected chi connectivity index (χ2v) is 4.34. The van der Waals surface area contributed by atoms with Crippen LogP contribution in [0.2, 0.25) is 0 Å². The number of nitrogens with two attached hydrogens (primary N) is 1. The summed E-state index contributed by atoms with van der Waals surface area (Å²) < 4.78 is 10.5. The molecule has 1 amide bonds. The molecular formula is C11H21N5O3. The van der Waals surface area contributed by atoms with Crippen LogP contribution in [-0.2, 0) is 14.3 Å². The third-order valence-electron chi connectivity index (χ3n) is 2.84. The van der Waals surface area contributed by atoms with Gasteiger partial charge in [0.2, 0.25) is 5.91 Å². The molecule has 1 heterocycles. The molecule has 0 saturated carbocycles. The van der Waals surface area contributed by atoms with Crippen molar-refractivity contribution in [2.45, 2.75) is 6.42 Å². The topological polar surface area (TPSA) is 114 Å². The quantitative estimate of drug-likeness (QED) is 0.263. The minimum atomic E-state index is 0.0983. The van der Waals surface area contributed by atoms with Crippen LogP contribution in [0.3, 0.4) is 0 Å². The number of carbonyl (C=O) groups excluding carboxylic acids is 1. The van der Waals surface area contributed by atoms with E-state index in [4.69, 9.17) is 20.7 Å². The Balaban J connectivity index is 2.06. The smallest absolute Gasteiger partial charge is 0.223 e. The Morgan fingerprint density at radius 1 is 1.37 bits per heavy atom. The molecule has 19 heavy (non-hydrogen) atoms. The Bertz CT molecular complexity index is 319. The summed E-state index contributed by atoms with van der Waals surface area (Å²) in [7, 11) is 0. The van der Waals surface area contributed by atoms with Crippen LogP contribution in [-0.4, -0.2) is 63.4 Å². The van der Waals surface area contributed by atoms with E-state index in [2.05, 4.69) is 10.0 Å². The molecule has 2 N–H and O–H groups in total. The number of amides is 1. The molecule has 0 bridgehead atoms. The Hall–Kier alpha value is -1.34. The second kappa shape index (κ2) is 9.57. The molecule has 1 atom stereocenters. The Labute approximate surface area is 112 Å². The number of ether oxygens (including phenoxy) is 2. The van der Waals surface area contributed by atoms with Crippen molar-refractivity contribution < 1.29 is 14.3 Å². The highest BCUT2D eigenvalue weighted by molar-refractivity contribution is 5.78. The van der Waals surface area contributed by atoms with Crippen molar-refractivity contribution in [3.8, 4) is 0 Å². The molecule has 1 aliphatic heterocycles. The fourth-order valence-electron chi connectivity index (χ4n) is 1.92. The fourth-order valence-corrected chi connectivity index (χ4v) is 1.92.